The van der Waals surface area contributed by atoms with E-state index < -0.39 is 29.6 Å². The van der Waals surface area contributed by atoms with Crippen LogP contribution in [-0.4, -0.2) is 0 Å². The van der Waals surface area contributed by atoms with Gasteiger partial charge in [0.05, 0.1) is 0 Å². The van der Waals surface area contributed by atoms with Gasteiger partial charge in [-0.3, -0.25) is 0 Å². The van der Waals surface area contributed by atoms with E-state index in [1.165, 1.54) is 0 Å². The van der Waals surface area contributed by atoms with Gasteiger partial charge in [0.1, 0.15) is 0 Å². The predicted octanol–water partition coefficient (Wildman–Crippen LogP) is 2.07. The normalized spacial score (nSPS) is 7.20. The van der Waals surface area contributed by atoms with Gasteiger partial charge in [0.15, 0.2) is 0 Å². The molecule has 0 aromatic carbocycles. The fraction of sp³-hybridized carbons (Fsp3) is 0. The Morgan fingerprint density at radius 1 is 1.00 bits per heavy atom. The number of hydrogen-bond donors (Lipinski definition) is 0. The molecule has 0 aliphatic heterocycles. The van der Waals surface area contributed by atoms with Crippen LogP contribution in [0.4, 0.5) is 0 Å². The summed E-state index contributed by atoms with van der Waals surface area (Å²) in [5.41, 5.74) is 0. The van der Waals surface area contributed by atoms with Gasteiger partial charge < -0.3 is 0 Å². The topological polar surface area (TPSA) is 0 Å². The summed E-state index contributed by atoms with van der Waals surface area (Å²) in [5, 5.41) is 0. The molecule has 0 aromatic heterocycles. The Morgan fingerprint density at radius 3 is 1.00 bits per heavy atom. The molecule has 0 aromatic rings. The maximum Gasteiger partial charge on any atom is 0 e. The molecular weight excluding hydrogens is 396 g/mol. The first-order valence-electron chi connectivity index (χ1n) is 0.463. The van der Waals surface area contributed by atoms with Crippen molar-refractivity contribution in [1.29, 1.82) is 0 Å². The summed E-state index contributed by atoms with van der Waals surface area (Å²) in [6.07, 6.45) is 0. The van der Waals surface area contributed by atoms with Crippen LogP contribution >= 0.6 is 17.7 Å². The smallest absolute Gasteiger partial charge is 0 e. The third-order valence-corrected chi connectivity index (χ3v) is 0. The second kappa shape index (κ2) is 7.40. The standard InChI is InChI=1S/3ClH.La.Sm/h3*1H;;/q;;;;+3/p-3. The largest absolute Gasteiger partial charge is 0 e. The van der Waals surface area contributed by atoms with E-state index >= 15 is 0 Å². The average molecular weight is 396 g/mol. The van der Waals surface area contributed by atoms with E-state index in [2.05, 4.69) is 0 Å². The Balaban J connectivity index is 0. The zero-order chi connectivity index (χ0) is 3.58. The van der Waals surface area contributed by atoms with Gasteiger partial charge in [0, 0.05) is 35.6 Å². The van der Waals surface area contributed by atoms with Crippen molar-refractivity contribution >= 4 is 17.7 Å². The minimum atomic E-state index is -2.11. The zero-order valence-corrected chi connectivity index (χ0v) is 10.6. The second-order valence-electron chi connectivity index (χ2n) is 0.175. The molecule has 0 aliphatic rings. The summed E-state index contributed by atoms with van der Waals surface area (Å²) >= 11 is -2.11. The zero-order valence-electron chi connectivity index (χ0n) is 2.12. The first-order valence-corrected chi connectivity index (χ1v) is 10.3. The molecule has 0 unspecified atom stereocenters. The minimum absolute atomic E-state index is 0. The molecular formula is Cl3LaSm. The molecule has 5 heavy (non-hydrogen) atoms. The van der Waals surface area contributed by atoms with Crippen molar-refractivity contribution in [1.82, 2.24) is 0 Å². The van der Waals surface area contributed by atoms with Crippen molar-refractivity contribution in [2.75, 3.05) is 0 Å². The molecule has 5 heteroatoms. The quantitative estimate of drug-likeness (QED) is 0.589. The third-order valence-electron chi connectivity index (χ3n) is 0. The molecule has 0 atom stereocenters. The van der Waals surface area contributed by atoms with E-state index in [9.17, 15) is 0 Å². The molecule has 0 spiro atoms. The Hall–Kier alpha value is 3.40. The van der Waals surface area contributed by atoms with Gasteiger partial charge in [0.25, 0.3) is 0 Å². The minimum Gasteiger partial charge on any atom is 0 e. The average Bonchev–Trinajstić information content (AvgIpc) is 0.811. The van der Waals surface area contributed by atoms with E-state index in [0.717, 1.165) is 0 Å². The Labute approximate surface area is 80.1 Å². The van der Waals surface area contributed by atoms with Gasteiger partial charge in [-0.1, -0.05) is 0 Å². The summed E-state index contributed by atoms with van der Waals surface area (Å²) in [4.78, 5) is 0. The SMILES string of the molecule is [Cl][Sm]([Cl])[Cl].[La]. The van der Waals surface area contributed by atoms with Crippen molar-refractivity contribution in [3.63, 3.8) is 0 Å². The van der Waals surface area contributed by atoms with Crippen LogP contribution in [0, 0.1) is 65.2 Å². The number of hydrogen-bond acceptors (Lipinski definition) is 0. The van der Waals surface area contributed by atoms with Crippen molar-refractivity contribution in [3.05, 3.63) is 0 Å². The molecule has 0 nitrogen and oxygen atoms in total. The Bertz CT molecular complexity index is 11.6. The molecule has 30 valence electrons. The van der Waals surface area contributed by atoms with Crippen molar-refractivity contribution in [3.8, 4) is 0 Å². The molecule has 1 radical (unpaired) electrons. The van der Waals surface area contributed by atoms with Gasteiger partial charge in [-0.05, 0) is 0 Å². The van der Waals surface area contributed by atoms with Crippen molar-refractivity contribution < 1.29 is 65.2 Å². The van der Waals surface area contributed by atoms with Crippen LogP contribution in [0.25, 0.3) is 0 Å². The fourth-order valence-electron chi connectivity index (χ4n) is 0. The first kappa shape index (κ1) is 11.2. The van der Waals surface area contributed by atoms with Crippen LogP contribution < -0.4 is 0 Å². The van der Waals surface area contributed by atoms with Crippen molar-refractivity contribution in [2.45, 2.75) is 0 Å². The summed E-state index contributed by atoms with van der Waals surface area (Å²) in [7, 11) is 0. The van der Waals surface area contributed by atoms with Gasteiger partial charge in [-0.2, -0.15) is 0 Å². The van der Waals surface area contributed by atoms with E-state index in [0.29, 0.717) is 0 Å². The van der Waals surface area contributed by atoms with Crippen LogP contribution in [0.3, 0.4) is 0 Å². The number of rotatable bonds is 0. The van der Waals surface area contributed by atoms with Crippen molar-refractivity contribution in [2.24, 2.45) is 0 Å². The first-order chi connectivity index (χ1) is 1.73. The van der Waals surface area contributed by atoms with Crippen LogP contribution in [0.1, 0.15) is 0 Å². The van der Waals surface area contributed by atoms with Crippen LogP contribution in [0.15, 0.2) is 0 Å². The molecule has 0 N–H and O–H groups in total. The summed E-state index contributed by atoms with van der Waals surface area (Å²) < 4.78 is 0. The molecule has 0 amide bonds. The fourth-order valence-corrected chi connectivity index (χ4v) is 0. The monoisotopic (exact) mass is 396 g/mol. The molecule has 0 saturated heterocycles. The molecule has 0 fully saturated rings. The van der Waals surface area contributed by atoms with Gasteiger partial charge in [-0.25, -0.2) is 0 Å². The van der Waals surface area contributed by atoms with E-state index in [1.807, 2.05) is 0 Å². The predicted molar refractivity (Wildman–Crippen MR) is 17.6 cm³/mol. The van der Waals surface area contributed by atoms with Crippen LogP contribution in [-0.2, 0) is 0 Å². The Kier molecular flexibility index (Phi) is 16.6. The van der Waals surface area contributed by atoms with Gasteiger partial charge >= 0.3 is 47.2 Å². The maximum atomic E-state index is 5.00. The van der Waals surface area contributed by atoms with E-state index in [4.69, 9.17) is 17.7 Å². The molecule has 0 rings (SSSR count). The van der Waals surface area contributed by atoms with Crippen LogP contribution in [0.2, 0.25) is 0 Å². The second-order valence-corrected chi connectivity index (χ2v) is 11.7. The number of halogens is 3. The summed E-state index contributed by atoms with van der Waals surface area (Å²) in [5.74, 6) is 15.0. The summed E-state index contributed by atoms with van der Waals surface area (Å²) in [6, 6.07) is 0. The van der Waals surface area contributed by atoms with Gasteiger partial charge in [-0.15, -0.1) is 0 Å². The maximum absolute atomic E-state index is 5.00. The van der Waals surface area contributed by atoms with Gasteiger partial charge in [0.2, 0.25) is 0 Å². The molecule has 0 saturated carbocycles. The van der Waals surface area contributed by atoms with E-state index in [-0.39, 0.29) is 35.6 Å². The third kappa shape index (κ3) is 18.7. The summed E-state index contributed by atoms with van der Waals surface area (Å²) in [6.45, 7) is 0. The molecule has 0 heterocycles. The Morgan fingerprint density at radius 2 is 1.00 bits per heavy atom. The molecule has 0 aliphatic carbocycles. The van der Waals surface area contributed by atoms with Crippen LogP contribution in [0.5, 0.6) is 0 Å². The van der Waals surface area contributed by atoms with E-state index in [1.54, 1.807) is 0 Å². The molecule has 0 bridgehead atoms.